The SMILES string of the molecule is Cc1ccccc1CN=C(NCCCN1CCOCC1)Nc1ccc2c(c1)OCCCO2.I. The molecule has 1 saturated heterocycles. The molecule has 0 unspecified atom stereocenters. The summed E-state index contributed by atoms with van der Waals surface area (Å²) < 4.78 is 17.0. The number of benzene rings is 2. The van der Waals surface area contributed by atoms with Crippen molar-refractivity contribution in [3.05, 3.63) is 53.6 Å². The standard InChI is InChI=1S/C25H34N4O3.HI/c1-20-6-2-3-7-21(20)19-27-25(26-10-4-11-29-12-16-30-17-13-29)28-22-8-9-23-24(18-22)32-15-5-14-31-23;/h2-3,6-9,18H,4-5,10-17,19H2,1H3,(H2,26,27,28);1H. The van der Waals surface area contributed by atoms with Gasteiger partial charge in [0, 0.05) is 37.8 Å². The third kappa shape index (κ3) is 8.04. The molecule has 2 aromatic carbocycles. The molecule has 2 N–H and O–H groups in total. The van der Waals surface area contributed by atoms with Crippen LogP contribution >= 0.6 is 24.0 Å². The second-order valence-electron chi connectivity index (χ2n) is 8.16. The van der Waals surface area contributed by atoms with Crippen molar-refractivity contribution >= 4 is 35.6 Å². The molecule has 2 heterocycles. The van der Waals surface area contributed by atoms with E-state index in [-0.39, 0.29) is 24.0 Å². The molecule has 0 aliphatic carbocycles. The fourth-order valence-electron chi connectivity index (χ4n) is 3.80. The summed E-state index contributed by atoms with van der Waals surface area (Å²) in [5.74, 6) is 2.34. The number of hydrogen-bond donors (Lipinski definition) is 2. The highest BCUT2D eigenvalue weighted by Gasteiger charge is 2.12. The van der Waals surface area contributed by atoms with E-state index < -0.39 is 0 Å². The van der Waals surface area contributed by atoms with Crippen LogP contribution in [-0.4, -0.2) is 63.5 Å². The van der Waals surface area contributed by atoms with Crippen molar-refractivity contribution in [2.45, 2.75) is 26.3 Å². The van der Waals surface area contributed by atoms with Crippen molar-refractivity contribution in [1.29, 1.82) is 0 Å². The minimum Gasteiger partial charge on any atom is -0.490 e. The molecule has 2 aromatic rings. The summed E-state index contributed by atoms with van der Waals surface area (Å²) in [5.41, 5.74) is 3.40. The fourth-order valence-corrected chi connectivity index (χ4v) is 3.80. The van der Waals surface area contributed by atoms with Crippen LogP contribution < -0.4 is 20.1 Å². The first kappa shape index (κ1) is 25.6. The summed E-state index contributed by atoms with van der Waals surface area (Å²) in [6.07, 6.45) is 1.94. The Kier molecular flexibility index (Phi) is 10.6. The van der Waals surface area contributed by atoms with Gasteiger partial charge in [0.25, 0.3) is 0 Å². The van der Waals surface area contributed by atoms with Gasteiger partial charge < -0.3 is 24.8 Å². The maximum atomic E-state index is 5.84. The average molecular weight is 566 g/mol. The number of guanidine groups is 1. The van der Waals surface area contributed by atoms with Crippen molar-refractivity contribution in [2.75, 3.05) is 57.9 Å². The van der Waals surface area contributed by atoms with Crippen molar-refractivity contribution < 1.29 is 14.2 Å². The Morgan fingerprint density at radius 2 is 1.79 bits per heavy atom. The molecule has 180 valence electrons. The largest absolute Gasteiger partial charge is 0.490 e. The predicted molar refractivity (Wildman–Crippen MR) is 143 cm³/mol. The maximum Gasteiger partial charge on any atom is 0.196 e. The van der Waals surface area contributed by atoms with Crippen LogP contribution in [0.3, 0.4) is 0 Å². The van der Waals surface area contributed by atoms with E-state index >= 15 is 0 Å². The van der Waals surface area contributed by atoms with Gasteiger partial charge in [-0.3, -0.25) is 4.90 Å². The normalized spacial score (nSPS) is 16.5. The molecule has 8 heteroatoms. The van der Waals surface area contributed by atoms with Gasteiger partial charge in [-0.2, -0.15) is 0 Å². The molecular formula is C25H35IN4O3. The number of nitrogens with one attached hydrogen (secondary N) is 2. The number of ether oxygens (including phenoxy) is 3. The number of aliphatic imine (C=N–C) groups is 1. The number of rotatable bonds is 7. The molecule has 33 heavy (non-hydrogen) atoms. The zero-order chi connectivity index (χ0) is 22.0. The Hall–Kier alpha value is -2.04. The van der Waals surface area contributed by atoms with Gasteiger partial charge >= 0.3 is 0 Å². The molecular weight excluding hydrogens is 531 g/mol. The first-order chi connectivity index (χ1) is 15.8. The smallest absolute Gasteiger partial charge is 0.196 e. The molecule has 0 radical (unpaired) electrons. The summed E-state index contributed by atoms with van der Waals surface area (Å²) >= 11 is 0. The summed E-state index contributed by atoms with van der Waals surface area (Å²) in [6, 6.07) is 14.3. The summed E-state index contributed by atoms with van der Waals surface area (Å²) in [6.45, 7) is 9.72. The quantitative estimate of drug-likeness (QED) is 0.228. The van der Waals surface area contributed by atoms with Crippen LogP contribution in [0.4, 0.5) is 5.69 Å². The lowest BCUT2D eigenvalue weighted by atomic mass is 10.1. The van der Waals surface area contributed by atoms with Crippen molar-refractivity contribution in [2.24, 2.45) is 4.99 Å². The molecule has 0 saturated carbocycles. The van der Waals surface area contributed by atoms with E-state index in [2.05, 4.69) is 46.7 Å². The Labute approximate surface area is 213 Å². The first-order valence-corrected chi connectivity index (χ1v) is 11.6. The topological polar surface area (TPSA) is 67.4 Å². The fraction of sp³-hybridized carbons (Fsp3) is 0.480. The molecule has 0 aromatic heterocycles. The number of morpholine rings is 1. The van der Waals surface area contributed by atoms with Crippen LogP contribution in [0.5, 0.6) is 11.5 Å². The molecule has 7 nitrogen and oxygen atoms in total. The number of fused-ring (bicyclic) bond motifs is 1. The Morgan fingerprint density at radius 3 is 2.61 bits per heavy atom. The van der Waals surface area contributed by atoms with Gasteiger partial charge in [0.05, 0.1) is 33.0 Å². The van der Waals surface area contributed by atoms with Crippen LogP contribution in [0.25, 0.3) is 0 Å². The van der Waals surface area contributed by atoms with E-state index in [0.717, 1.165) is 75.4 Å². The van der Waals surface area contributed by atoms with Crippen LogP contribution in [0.15, 0.2) is 47.5 Å². The van der Waals surface area contributed by atoms with Crippen LogP contribution in [-0.2, 0) is 11.3 Å². The monoisotopic (exact) mass is 566 g/mol. The Morgan fingerprint density at radius 1 is 1.00 bits per heavy atom. The van der Waals surface area contributed by atoms with Gasteiger partial charge in [0.2, 0.25) is 0 Å². The molecule has 4 rings (SSSR count). The number of aryl methyl sites for hydroxylation is 1. The van der Waals surface area contributed by atoms with Crippen LogP contribution in [0, 0.1) is 6.92 Å². The lowest BCUT2D eigenvalue weighted by molar-refractivity contribution is 0.0376. The number of nitrogens with zero attached hydrogens (tertiary/aromatic N) is 2. The summed E-state index contributed by atoms with van der Waals surface area (Å²) in [5, 5.41) is 6.95. The maximum absolute atomic E-state index is 5.84. The van der Waals surface area contributed by atoms with Gasteiger partial charge in [-0.05, 0) is 43.1 Å². The second-order valence-corrected chi connectivity index (χ2v) is 8.16. The number of hydrogen-bond acceptors (Lipinski definition) is 5. The molecule has 0 atom stereocenters. The van der Waals surface area contributed by atoms with E-state index in [9.17, 15) is 0 Å². The summed E-state index contributed by atoms with van der Waals surface area (Å²) in [7, 11) is 0. The summed E-state index contributed by atoms with van der Waals surface area (Å²) in [4.78, 5) is 7.30. The highest BCUT2D eigenvalue weighted by Crippen LogP contribution is 2.32. The minimum atomic E-state index is 0. The lowest BCUT2D eigenvalue weighted by Gasteiger charge is -2.26. The van der Waals surface area contributed by atoms with E-state index in [1.807, 2.05) is 18.2 Å². The van der Waals surface area contributed by atoms with Gasteiger partial charge in [-0.1, -0.05) is 24.3 Å². The highest BCUT2D eigenvalue weighted by molar-refractivity contribution is 14.0. The van der Waals surface area contributed by atoms with Gasteiger partial charge in [-0.15, -0.1) is 24.0 Å². The number of anilines is 1. The van der Waals surface area contributed by atoms with Gasteiger partial charge in [-0.25, -0.2) is 4.99 Å². The Bertz CT molecular complexity index is 903. The molecule has 0 amide bonds. The zero-order valence-corrected chi connectivity index (χ0v) is 21.7. The number of halogens is 1. The van der Waals surface area contributed by atoms with Gasteiger partial charge in [0.15, 0.2) is 17.5 Å². The lowest BCUT2D eigenvalue weighted by Crippen LogP contribution is -2.39. The third-order valence-corrected chi connectivity index (χ3v) is 5.73. The first-order valence-electron chi connectivity index (χ1n) is 11.6. The van der Waals surface area contributed by atoms with Crippen LogP contribution in [0.2, 0.25) is 0 Å². The van der Waals surface area contributed by atoms with Gasteiger partial charge in [0.1, 0.15) is 0 Å². The molecule has 2 aliphatic heterocycles. The molecule has 0 bridgehead atoms. The van der Waals surface area contributed by atoms with Crippen molar-refractivity contribution in [3.8, 4) is 11.5 Å². The van der Waals surface area contributed by atoms with Crippen molar-refractivity contribution in [3.63, 3.8) is 0 Å². The molecule has 0 spiro atoms. The highest BCUT2D eigenvalue weighted by atomic mass is 127. The average Bonchev–Trinajstić information content (AvgIpc) is 3.07. The van der Waals surface area contributed by atoms with Crippen LogP contribution in [0.1, 0.15) is 24.0 Å². The van der Waals surface area contributed by atoms with E-state index in [1.54, 1.807) is 0 Å². The van der Waals surface area contributed by atoms with E-state index in [0.29, 0.717) is 19.8 Å². The zero-order valence-electron chi connectivity index (χ0n) is 19.3. The Balaban J connectivity index is 0.00000306. The minimum absolute atomic E-state index is 0. The molecule has 1 fully saturated rings. The van der Waals surface area contributed by atoms with E-state index in [1.165, 1.54) is 11.1 Å². The predicted octanol–water partition coefficient (Wildman–Crippen LogP) is 4.05. The van der Waals surface area contributed by atoms with Crippen molar-refractivity contribution in [1.82, 2.24) is 10.2 Å². The molecule has 2 aliphatic rings. The third-order valence-electron chi connectivity index (χ3n) is 5.73. The second kappa shape index (κ2) is 13.6. The van der Waals surface area contributed by atoms with E-state index in [4.69, 9.17) is 19.2 Å².